The van der Waals surface area contributed by atoms with Crippen LogP contribution in [-0.2, 0) is 10.0 Å². The Morgan fingerprint density at radius 1 is 1.09 bits per heavy atom. The van der Waals surface area contributed by atoms with Crippen LogP contribution in [0.5, 0.6) is 0 Å². The highest BCUT2D eigenvalue weighted by Crippen LogP contribution is 2.10. The number of sulfonamides is 1. The number of pyridine rings is 1. The molecule has 1 heterocycles. The quantitative estimate of drug-likeness (QED) is 0.767. The summed E-state index contributed by atoms with van der Waals surface area (Å²) in [4.78, 5) is 26.4. The third kappa shape index (κ3) is 4.27. The summed E-state index contributed by atoms with van der Waals surface area (Å²) < 4.78 is 25.9. The molecule has 8 nitrogen and oxygen atoms in total. The van der Waals surface area contributed by atoms with Gasteiger partial charge in [-0.2, -0.15) is 0 Å². The van der Waals surface area contributed by atoms with Crippen molar-refractivity contribution in [3.8, 4) is 0 Å². The van der Waals surface area contributed by atoms with Gasteiger partial charge in [0, 0.05) is 6.20 Å². The number of urea groups is 1. The predicted molar refractivity (Wildman–Crippen MR) is 83.3 cm³/mol. The van der Waals surface area contributed by atoms with Crippen LogP contribution in [0.1, 0.15) is 15.9 Å². The lowest BCUT2D eigenvalue weighted by Crippen LogP contribution is -2.34. The van der Waals surface area contributed by atoms with E-state index in [1.165, 1.54) is 30.5 Å². The van der Waals surface area contributed by atoms with E-state index in [9.17, 15) is 18.0 Å². The molecule has 0 spiro atoms. The zero-order chi connectivity index (χ0) is 17.0. The van der Waals surface area contributed by atoms with Crippen LogP contribution in [0.3, 0.4) is 0 Å². The lowest BCUT2D eigenvalue weighted by Gasteiger charge is -2.08. The van der Waals surface area contributed by atoms with Crippen molar-refractivity contribution >= 4 is 27.8 Å². The number of hydrogen-bond donors (Lipinski definition) is 3. The van der Waals surface area contributed by atoms with Crippen molar-refractivity contribution in [3.63, 3.8) is 0 Å². The maximum absolute atomic E-state index is 12.0. The van der Waals surface area contributed by atoms with Gasteiger partial charge in [0.25, 0.3) is 10.0 Å². The highest BCUT2D eigenvalue weighted by molar-refractivity contribution is 7.90. The zero-order valence-corrected chi connectivity index (χ0v) is 12.9. The van der Waals surface area contributed by atoms with Crippen LogP contribution >= 0.6 is 0 Å². The normalized spacial score (nSPS) is 10.8. The summed E-state index contributed by atoms with van der Waals surface area (Å²) in [6.07, 6.45) is 1.17. The Balaban J connectivity index is 2.06. The van der Waals surface area contributed by atoms with Gasteiger partial charge in [-0.3, -0.25) is 10.1 Å². The molecule has 4 N–H and O–H groups in total. The molecule has 0 radical (unpaired) electrons. The zero-order valence-electron chi connectivity index (χ0n) is 12.1. The first-order valence-electron chi connectivity index (χ1n) is 6.44. The number of nitrogens with one attached hydrogen (secondary N) is 2. The smallest absolute Gasteiger partial charge is 0.334 e. The average molecular weight is 334 g/mol. The van der Waals surface area contributed by atoms with Crippen LogP contribution in [0, 0.1) is 6.92 Å². The minimum absolute atomic E-state index is 0.0321. The second kappa shape index (κ2) is 6.44. The van der Waals surface area contributed by atoms with Gasteiger partial charge >= 0.3 is 6.03 Å². The van der Waals surface area contributed by atoms with Crippen molar-refractivity contribution in [2.24, 2.45) is 5.73 Å². The van der Waals surface area contributed by atoms with Gasteiger partial charge in [0.15, 0.2) is 0 Å². The first-order valence-corrected chi connectivity index (χ1v) is 7.92. The first-order chi connectivity index (χ1) is 10.8. The van der Waals surface area contributed by atoms with Crippen molar-refractivity contribution in [2.45, 2.75) is 11.8 Å². The third-order valence-electron chi connectivity index (χ3n) is 2.85. The maximum Gasteiger partial charge on any atom is 0.334 e. The highest BCUT2D eigenvalue weighted by Gasteiger charge is 2.17. The average Bonchev–Trinajstić information content (AvgIpc) is 2.47. The van der Waals surface area contributed by atoms with Gasteiger partial charge in [0.1, 0.15) is 5.82 Å². The van der Waals surface area contributed by atoms with Crippen LogP contribution in [0.4, 0.5) is 10.6 Å². The van der Waals surface area contributed by atoms with Gasteiger partial charge in [0.05, 0.1) is 10.5 Å². The van der Waals surface area contributed by atoms with E-state index in [1.807, 2.05) is 11.6 Å². The number of nitrogens with two attached hydrogens (primary N) is 1. The number of anilines is 1. The van der Waals surface area contributed by atoms with E-state index in [2.05, 4.69) is 10.3 Å². The molecule has 2 aromatic rings. The van der Waals surface area contributed by atoms with Gasteiger partial charge in [-0.05, 0) is 31.2 Å². The summed E-state index contributed by atoms with van der Waals surface area (Å²) in [6.45, 7) is 1.82. The van der Waals surface area contributed by atoms with Crippen LogP contribution in [-0.4, -0.2) is 25.3 Å². The van der Waals surface area contributed by atoms with E-state index in [-0.39, 0.29) is 16.3 Å². The number of primary amides is 1. The minimum atomic E-state index is -3.98. The molecule has 23 heavy (non-hydrogen) atoms. The summed E-state index contributed by atoms with van der Waals surface area (Å²) in [6, 6.07) is 7.75. The number of rotatable bonds is 4. The van der Waals surface area contributed by atoms with Gasteiger partial charge in [-0.1, -0.05) is 17.7 Å². The molecule has 0 aliphatic heterocycles. The SMILES string of the molecule is Cc1ccc(S(=O)(=O)NC(=O)Nc2ccc(C(N)=O)cn2)cc1. The number of benzene rings is 1. The number of aromatic nitrogens is 1. The molecule has 2 rings (SSSR count). The van der Waals surface area contributed by atoms with Crippen LogP contribution in [0.25, 0.3) is 0 Å². The molecule has 0 saturated carbocycles. The van der Waals surface area contributed by atoms with E-state index in [1.54, 1.807) is 12.1 Å². The Bertz CT molecular complexity index is 830. The molecular weight excluding hydrogens is 320 g/mol. The Labute approximate surface area is 132 Å². The first kappa shape index (κ1) is 16.4. The second-order valence-electron chi connectivity index (χ2n) is 4.67. The summed E-state index contributed by atoms with van der Waals surface area (Å²) in [5, 5.41) is 2.25. The number of carbonyl (C=O) groups excluding carboxylic acids is 2. The summed E-state index contributed by atoms with van der Waals surface area (Å²) in [7, 11) is -3.98. The number of amides is 3. The second-order valence-corrected chi connectivity index (χ2v) is 6.35. The summed E-state index contributed by atoms with van der Waals surface area (Å²) >= 11 is 0. The summed E-state index contributed by atoms with van der Waals surface area (Å²) in [5.74, 6) is -0.581. The van der Waals surface area contributed by atoms with E-state index in [0.717, 1.165) is 5.56 Å². The van der Waals surface area contributed by atoms with E-state index in [0.29, 0.717) is 0 Å². The van der Waals surface area contributed by atoms with Crippen molar-refractivity contribution in [1.29, 1.82) is 0 Å². The Morgan fingerprint density at radius 3 is 2.26 bits per heavy atom. The fourth-order valence-electron chi connectivity index (χ4n) is 1.65. The standard InChI is InChI=1S/C14H14N4O4S/c1-9-2-5-11(6-3-9)23(21,22)18-14(20)17-12-7-4-10(8-16-12)13(15)19/h2-8H,1H3,(H2,15,19)(H2,16,17,18,20). The number of nitrogens with zero attached hydrogens (tertiary/aromatic N) is 1. The maximum atomic E-state index is 12.0. The molecule has 0 aliphatic rings. The molecule has 120 valence electrons. The topological polar surface area (TPSA) is 131 Å². The molecule has 1 aromatic heterocycles. The Kier molecular flexibility index (Phi) is 4.60. The van der Waals surface area contributed by atoms with Crippen LogP contribution in [0.2, 0.25) is 0 Å². The predicted octanol–water partition coefficient (Wildman–Crippen LogP) is 0.999. The van der Waals surface area contributed by atoms with Gasteiger partial charge in [-0.15, -0.1) is 0 Å². The van der Waals surface area contributed by atoms with Crippen molar-refractivity contribution in [3.05, 3.63) is 53.7 Å². The highest BCUT2D eigenvalue weighted by atomic mass is 32.2. The lowest BCUT2D eigenvalue weighted by molar-refractivity contribution is 0.1000. The largest absolute Gasteiger partial charge is 0.366 e. The van der Waals surface area contributed by atoms with Crippen LogP contribution < -0.4 is 15.8 Å². The van der Waals surface area contributed by atoms with Crippen molar-refractivity contribution in [1.82, 2.24) is 9.71 Å². The number of hydrogen-bond acceptors (Lipinski definition) is 5. The molecule has 0 unspecified atom stereocenters. The molecule has 0 bridgehead atoms. The molecule has 0 atom stereocenters. The van der Waals surface area contributed by atoms with E-state index >= 15 is 0 Å². The Morgan fingerprint density at radius 2 is 1.74 bits per heavy atom. The Hall–Kier alpha value is -2.94. The molecule has 0 saturated heterocycles. The monoisotopic (exact) mass is 334 g/mol. The summed E-state index contributed by atoms with van der Waals surface area (Å²) in [5.41, 5.74) is 6.13. The van der Waals surface area contributed by atoms with E-state index in [4.69, 9.17) is 5.73 Å². The van der Waals surface area contributed by atoms with Gasteiger partial charge in [0.2, 0.25) is 5.91 Å². The third-order valence-corrected chi connectivity index (χ3v) is 4.19. The fraction of sp³-hybridized carbons (Fsp3) is 0.0714. The van der Waals surface area contributed by atoms with Crippen LogP contribution in [0.15, 0.2) is 47.5 Å². The number of aryl methyl sites for hydroxylation is 1. The minimum Gasteiger partial charge on any atom is -0.366 e. The molecule has 3 amide bonds. The van der Waals surface area contributed by atoms with Crippen molar-refractivity contribution in [2.75, 3.05) is 5.32 Å². The molecule has 0 aliphatic carbocycles. The van der Waals surface area contributed by atoms with E-state index < -0.39 is 22.0 Å². The lowest BCUT2D eigenvalue weighted by atomic mass is 10.2. The fourth-order valence-corrected chi connectivity index (χ4v) is 2.56. The van der Waals surface area contributed by atoms with Crippen molar-refractivity contribution < 1.29 is 18.0 Å². The molecule has 0 fully saturated rings. The number of carbonyl (C=O) groups is 2. The van der Waals surface area contributed by atoms with Gasteiger partial charge in [-0.25, -0.2) is 22.9 Å². The molecular formula is C14H14N4O4S. The molecule has 9 heteroatoms. The molecule has 1 aromatic carbocycles. The van der Waals surface area contributed by atoms with Gasteiger partial charge < -0.3 is 5.73 Å².